The SMILES string of the molecule is C.CC(C)([C@H]1CCN(c2ccc(-c3cccnc3)cc2)C(=O)C1)S(=O)(=O)c1cccc(C(F)(F)F)c1.O=C([O-])C(F)(F)F. The van der Waals surface area contributed by atoms with Gasteiger partial charge in [-0.3, -0.25) is 9.78 Å². The first kappa shape index (κ1) is 35.3. The van der Waals surface area contributed by atoms with Gasteiger partial charge >= 0.3 is 12.4 Å². The van der Waals surface area contributed by atoms with Crippen LogP contribution < -0.4 is 10.0 Å². The van der Waals surface area contributed by atoms with Crippen molar-refractivity contribution in [2.24, 2.45) is 5.92 Å². The summed E-state index contributed by atoms with van der Waals surface area (Å²) >= 11 is 0. The molecule has 2 heterocycles. The van der Waals surface area contributed by atoms with E-state index >= 15 is 0 Å². The molecule has 1 aliphatic rings. The minimum atomic E-state index is -5.19. The number of sulfone groups is 1. The fourth-order valence-corrected chi connectivity index (χ4v) is 6.22. The van der Waals surface area contributed by atoms with Crippen LogP contribution in [0.4, 0.5) is 32.0 Å². The van der Waals surface area contributed by atoms with Gasteiger partial charge in [-0.15, -0.1) is 0 Å². The molecule has 0 saturated carbocycles. The Hall–Kier alpha value is -3.94. The molecule has 0 aliphatic carbocycles. The summed E-state index contributed by atoms with van der Waals surface area (Å²) in [5.41, 5.74) is 1.60. The summed E-state index contributed by atoms with van der Waals surface area (Å²) in [7, 11) is -4.14. The van der Waals surface area contributed by atoms with Gasteiger partial charge in [-0.1, -0.05) is 31.7 Å². The number of amides is 1. The molecule has 1 amide bonds. The second-order valence-corrected chi connectivity index (χ2v) is 12.5. The zero-order valence-corrected chi connectivity index (χ0v) is 23.1. The maximum absolute atomic E-state index is 13.4. The monoisotopic (exact) mass is 631 g/mol. The molecule has 2 aromatic carbocycles. The molecule has 4 rings (SSSR count). The van der Waals surface area contributed by atoms with Crippen molar-refractivity contribution in [2.45, 2.75) is 56.1 Å². The molecule has 0 radical (unpaired) electrons. The molecule has 43 heavy (non-hydrogen) atoms. The number of pyridine rings is 1. The molecule has 1 fully saturated rings. The largest absolute Gasteiger partial charge is 0.542 e. The second kappa shape index (κ2) is 13.1. The maximum Gasteiger partial charge on any atom is 0.430 e. The number of hydrogen-bond acceptors (Lipinski definition) is 6. The summed E-state index contributed by atoms with van der Waals surface area (Å²) < 4.78 is 96.3. The van der Waals surface area contributed by atoms with Crippen LogP contribution in [0.1, 0.15) is 39.7 Å². The molecule has 234 valence electrons. The van der Waals surface area contributed by atoms with Gasteiger partial charge in [0.15, 0.2) is 9.84 Å². The van der Waals surface area contributed by atoms with E-state index in [1.54, 1.807) is 17.3 Å². The predicted molar refractivity (Wildman–Crippen MR) is 145 cm³/mol. The molecule has 14 heteroatoms. The molecule has 0 bridgehead atoms. The van der Waals surface area contributed by atoms with Crippen LogP contribution in [0.25, 0.3) is 11.1 Å². The van der Waals surface area contributed by atoms with Gasteiger partial charge in [-0.05, 0) is 73.7 Å². The molecular weight excluding hydrogens is 602 g/mol. The summed E-state index contributed by atoms with van der Waals surface area (Å²) in [5.74, 6) is -3.77. The number of nitrogens with zero attached hydrogens (tertiary/aromatic N) is 2. The zero-order valence-electron chi connectivity index (χ0n) is 22.2. The quantitative estimate of drug-likeness (QED) is 0.335. The lowest BCUT2D eigenvalue weighted by Gasteiger charge is -2.39. The molecule has 0 spiro atoms. The third-order valence-corrected chi connectivity index (χ3v) is 9.57. The number of carboxylic acids is 1. The number of carbonyl (C=O) groups excluding carboxylic acids is 2. The number of hydrogen-bond donors (Lipinski definition) is 0. The van der Waals surface area contributed by atoms with Crippen LogP contribution in [0, 0.1) is 5.92 Å². The van der Waals surface area contributed by atoms with Crippen LogP contribution in [-0.4, -0.2) is 42.7 Å². The van der Waals surface area contributed by atoms with Gasteiger partial charge in [-0.2, -0.15) is 26.3 Å². The van der Waals surface area contributed by atoms with Crippen LogP contribution >= 0.6 is 0 Å². The van der Waals surface area contributed by atoms with Crippen molar-refractivity contribution in [3.63, 3.8) is 0 Å². The lowest BCUT2D eigenvalue weighted by atomic mass is 9.85. The van der Waals surface area contributed by atoms with E-state index in [0.717, 1.165) is 23.3 Å². The van der Waals surface area contributed by atoms with Gasteiger partial charge < -0.3 is 14.8 Å². The van der Waals surface area contributed by atoms with Crippen molar-refractivity contribution in [1.82, 2.24) is 4.98 Å². The van der Waals surface area contributed by atoms with Gasteiger partial charge in [0.25, 0.3) is 0 Å². The molecule has 1 aromatic heterocycles. The van der Waals surface area contributed by atoms with E-state index in [4.69, 9.17) is 9.90 Å². The lowest BCUT2D eigenvalue weighted by molar-refractivity contribution is -0.344. The third kappa shape index (κ3) is 8.12. The Balaban J connectivity index is 0.000000721. The zero-order chi connectivity index (χ0) is 31.5. The molecule has 3 aromatic rings. The van der Waals surface area contributed by atoms with Crippen LogP contribution in [0.3, 0.4) is 0 Å². The van der Waals surface area contributed by atoms with Gasteiger partial charge in [-0.25, -0.2) is 8.42 Å². The predicted octanol–water partition coefficient (Wildman–Crippen LogP) is 5.70. The van der Waals surface area contributed by atoms with Gasteiger partial charge in [0.1, 0.15) is 5.97 Å². The number of alkyl halides is 6. The number of aromatic nitrogens is 1. The summed E-state index contributed by atoms with van der Waals surface area (Å²) in [6.45, 7) is 3.29. The van der Waals surface area contributed by atoms with E-state index in [1.807, 2.05) is 36.4 Å². The Morgan fingerprint density at radius 1 is 0.953 bits per heavy atom. The average Bonchev–Trinajstić information content (AvgIpc) is 2.93. The second-order valence-electron chi connectivity index (χ2n) is 9.94. The van der Waals surface area contributed by atoms with E-state index in [2.05, 4.69) is 4.98 Å². The summed E-state index contributed by atoms with van der Waals surface area (Å²) in [6, 6.07) is 15.0. The molecular formula is C29H29F6N2O5S-. The Kier molecular flexibility index (Phi) is 10.8. The number of aliphatic carboxylic acids is 1. The Morgan fingerprint density at radius 2 is 1.56 bits per heavy atom. The highest BCUT2D eigenvalue weighted by Gasteiger charge is 2.46. The van der Waals surface area contributed by atoms with E-state index in [0.29, 0.717) is 24.7 Å². The van der Waals surface area contributed by atoms with Gasteiger partial charge in [0.05, 0.1) is 15.2 Å². The fourth-order valence-electron chi connectivity index (χ4n) is 4.43. The van der Waals surface area contributed by atoms with Crippen molar-refractivity contribution < 1.29 is 49.5 Å². The first-order chi connectivity index (χ1) is 19.4. The first-order valence-corrected chi connectivity index (χ1v) is 13.8. The van der Waals surface area contributed by atoms with Crippen LogP contribution in [0.5, 0.6) is 0 Å². The average molecular weight is 632 g/mol. The number of halogens is 6. The lowest BCUT2D eigenvalue weighted by Crippen LogP contribution is -2.48. The minimum Gasteiger partial charge on any atom is -0.542 e. The van der Waals surface area contributed by atoms with Crippen LogP contribution in [0.15, 0.2) is 78.0 Å². The van der Waals surface area contributed by atoms with Gasteiger partial charge in [0, 0.05) is 31.0 Å². The van der Waals surface area contributed by atoms with Crippen molar-refractivity contribution >= 4 is 27.4 Å². The van der Waals surface area contributed by atoms with E-state index in [-0.39, 0.29) is 19.8 Å². The number of anilines is 1. The van der Waals surface area contributed by atoms with E-state index in [1.165, 1.54) is 19.9 Å². The number of carbonyl (C=O) groups is 2. The van der Waals surface area contributed by atoms with Crippen molar-refractivity contribution in [3.8, 4) is 11.1 Å². The minimum absolute atomic E-state index is 0. The van der Waals surface area contributed by atoms with E-state index < -0.39 is 49.3 Å². The third-order valence-electron chi connectivity index (χ3n) is 6.98. The fraction of sp³-hybridized carbons (Fsp3) is 0.345. The van der Waals surface area contributed by atoms with Crippen molar-refractivity contribution in [3.05, 3.63) is 78.6 Å². The normalized spacial score (nSPS) is 16.0. The Morgan fingerprint density at radius 3 is 2.05 bits per heavy atom. The van der Waals surface area contributed by atoms with E-state index in [9.17, 15) is 39.6 Å². The van der Waals surface area contributed by atoms with Crippen molar-refractivity contribution in [2.75, 3.05) is 11.4 Å². The first-order valence-electron chi connectivity index (χ1n) is 12.4. The molecule has 7 nitrogen and oxygen atoms in total. The summed E-state index contributed by atoms with van der Waals surface area (Å²) in [5, 5.41) is 8.78. The number of piperidine rings is 1. The Labute approximate surface area is 245 Å². The topological polar surface area (TPSA) is 107 Å². The van der Waals surface area contributed by atoms with Crippen molar-refractivity contribution in [1.29, 1.82) is 0 Å². The highest BCUT2D eigenvalue weighted by Crippen LogP contribution is 2.40. The number of rotatable bonds is 5. The highest BCUT2D eigenvalue weighted by molar-refractivity contribution is 7.92. The summed E-state index contributed by atoms with van der Waals surface area (Å²) in [6.07, 6.45) is -6.02. The molecule has 1 atom stereocenters. The molecule has 1 saturated heterocycles. The Bertz CT molecular complexity index is 1520. The van der Waals surface area contributed by atoms with Crippen LogP contribution in [-0.2, 0) is 25.6 Å². The molecule has 1 aliphatic heterocycles. The number of carboxylic acid groups (broad SMARTS) is 1. The standard InChI is InChI=1S/C26H25F3N2O3S.C2HF3O2.CH4/c1-25(2,35(33,34)23-7-3-6-21(15-23)26(27,28)29)20-12-14-31(24(32)16-20)22-10-8-18(9-11-22)19-5-4-13-30-17-19;3-2(4,5)1(6)7;/h3-11,13,15,17,20H,12,14,16H2,1-2H3;(H,6,7);1H4/p-1/t20-;;/m0../s1. The highest BCUT2D eigenvalue weighted by atomic mass is 32.2. The number of benzene rings is 2. The smallest absolute Gasteiger partial charge is 0.430 e. The molecule has 0 N–H and O–H groups in total. The van der Waals surface area contributed by atoms with Crippen LogP contribution in [0.2, 0.25) is 0 Å². The molecule has 0 unspecified atom stereocenters. The van der Waals surface area contributed by atoms with Gasteiger partial charge in [0.2, 0.25) is 5.91 Å². The maximum atomic E-state index is 13.4. The summed E-state index contributed by atoms with van der Waals surface area (Å²) in [4.78, 5) is 27.1.